The number of fused-ring (bicyclic) bond motifs is 1. The highest BCUT2D eigenvalue weighted by molar-refractivity contribution is 6.31. The van der Waals surface area contributed by atoms with Gasteiger partial charge in [0.15, 0.2) is 0 Å². The van der Waals surface area contributed by atoms with Crippen LogP contribution in [0, 0.1) is 24.8 Å². The number of nitrogens with zero attached hydrogens (tertiary/aromatic N) is 2. The van der Waals surface area contributed by atoms with Crippen LogP contribution in [0.5, 0.6) is 0 Å². The van der Waals surface area contributed by atoms with Crippen molar-refractivity contribution >= 4 is 24.6 Å². The summed E-state index contributed by atoms with van der Waals surface area (Å²) in [7, 11) is 0. The molecule has 0 saturated carbocycles. The molecule has 17 heavy (non-hydrogen) atoms. The quantitative estimate of drug-likeness (QED) is 0.615. The van der Waals surface area contributed by atoms with Crippen LogP contribution in [0.2, 0.25) is 5.02 Å². The van der Waals surface area contributed by atoms with Crippen molar-refractivity contribution in [3.63, 3.8) is 0 Å². The maximum absolute atomic E-state index is 10.9. The van der Waals surface area contributed by atoms with Crippen LogP contribution in [-0.4, -0.2) is 18.0 Å². The third kappa shape index (κ3) is 2.20. The van der Waals surface area contributed by atoms with E-state index in [-0.39, 0.29) is 12.0 Å². The fourth-order valence-corrected chi connectivity index (χ4v) is 2.36. The van der Waals surface area contributed by atoms with E-state index in [4.69, 9.17) is 23.6 Å². The molecule has 1 aliphatic rings. The molecule has 2 rings (SSSR count). The van der Waals surface area contributed by atoms with Crippen molar-refractivity contribution in [1.29, 1.82) is 5.41 Å². The second kappa shape index (κ2) is 5.55. The standard InChI is InChI=1S/C11H10ClN2O.CH3N/c1-6-8-3-7(5-15)11(13-2)10(8)9(12)4-14-6;1-2/h2,4-5,7,11H,3H2,1H3;2H,1H2/q+1;/t7-,11?;/m0./s1. The molecule has 1 aromatic rings. The Bertz CT molecular complexity index is 481. The van der Waals surface area contributed by atoms with E-state index >= 15 is 0 Å². The molecule has 1 N–H and O–H groups in total. The number of carbonyl (C=O) groups is 1. The Labute approximate surface area is 105 Å². The van der Waals surface area contributed by atoms with E-state index in [9.17, 15) is 4.79 Å². The van der Waals surface area contributed by atoms with Gasteiger partial charge in [0, 0.05) is 11.9 Å². The van der Waals surface area contributed by atoms with Crippen molar-refractivity contribution in [2.24, 2.45) is 5.92 Å². The van der Waals surface area contributed by atoms with Crippen LogP contribution in [0.25, 0.3) is 4.85 Å². The van der Waals surface area contributed by atoms with Crippen molar-refractivity contribution < 1.29 is 4.79 Å². The molecule has 0 spiro atoms. The van der Waals surface area contributed by atoms with Crippen LogP contribution in [0.1, 0.15) is 22.9 Å². The zero-order chi connectivity index (χ0) is 13.0. The first kappa shape index (κ1) is 13.3. The number of hydrogen-bond donors (Lipinski definition) is 1. The van der Waals surface area contributed by atoms with Gasteiger partial charge in [-0.25, -0.2) is 0 Å². The van der Waals surface area contributed by atoms with Gasteiger partial charge in [0.25, 0.3) is 6.57 Å². The lowest BCUT2D eigenvalue weighted by Crippen LogP contribution is -2.05. The number of aryl methyl sites for hydroxylation is 1. The third-order valence-electron chi connectivity index (χ3n) is 2.87. The highest BCUT2D eigenvalue weighted by atomic mass is 35.5. The number of aromatic nitrogens is 1. The minimum absolute atomic E-state index is 0.203. The molecule has 1 unspecified atom stereocenters. The molecule has 5 heteroatoms. The Morgan fingerprint density at radius 1 is 1.71 bits per heavy atom. The Morgan fingerprint density at radius 2 is 2.35 bits per heavy atom. The van der Waals surface area contributed by atoms with E-state index in [0.29, 0.717) is 11.4 Å². The number of nitrogens with one attached hydrogen (secondary N) is 1. The maximum Gasteiger partial charge on any atom is 0.308 e. The number of halogens is 1. The Hall–Kier alpha value is -1.73. The normalized spacial score (nSPS) is 20.8. The smallest absolute Gasteiger partial charge is 0.308 e. The molecule has 1 heterocycles. The average molecular weight is 251 g/mol. The van der Waals surface area contributed by atoms with Gasteiger partial charge in [0.2, 0.25) is 0 Å². The van der Waals surface area contributed by atoms with E-state index in [2.05, 4.69) is 16.5 Å². The molecule has 0 bridgehead atoms. The average Bonchev–Trinajstić information content (AvgIpc) is 2.76. The first-order valence-electron chi connectivity index (χ1n) is 5.03. The summed E-state index contributed by atoms with van der Waals surface area (Å²) in [6.07, 6.45) is 3.10. The molecule has 0 amide bonds. The fourth-order valence-electron chi connectivity index (χ4n) is 2.09. The summed E-state index contributed by atoms with van der Waals surface area (Å²) >= 11 is 6.04. The summed E-state index contributed by atoms with van der Waals surface area (Å²) in [5, 5.41) is 6.04. The third-order valence-corrected chi connectivity index (χ3v) is 3.17. The molecular formula is C12H13ClN3O+. The van der Waals surface area contributed by atoms with Crippen LogP contribution >= 0.6 is 11.6 Å². The minimum atomic E-state index is -0.313. The van der Waals surface area contributed by atoms with Gasteiger partial charge in [-0.3, -0.25) is 4.98 Å². The number of hydrogen-bond acceptors (Lipinski definition) is 3. The lowest BCUT2D eigenvalue weighted by Gasteiger charge is -2.02. The van der Waals surface area contributed by atoms with Crippen molar-refractivity contribution in [3.8, 4) is 6.57 Å². The first-order chi connectivity index (χ1) is 8.19. The predicted octanol–water partition coefficient (Wildman–Crippen LogP) is 2.68. The highest BCUT2D eigenvalue weighted by Gasteiger charge is 2.42. The molecule has 0 fully saturated rings. The molecule has 4 nitrogen and oxygen atoms in total. The van der Waals surface area contributed by atoms with Crippen LogP contribution < -0.4 is 0 Å². The molecule has 1 aliphatic carbocycles. The van der Waals surface area contributed by atoms with Gasteiger partial charge in [-0.2, -0.15) is 0 Å². The zero-order valence-corrected chi connectivity index (χ0v) is 10.2. The van der Waals surface area contributed by atoms with Crippen molar-refractivity contribution in [2.75, 3.05) is 0 Å². The maximum atomic E-state index is 10.9. The SMILES string of the molecule is C#[N+]C1c2c(Cl)cnc(C)c2C[C@H]1C=O.C=N. The zero-order valence-electron chi connectivity index (χ0n) is 9.48. The number of aldehydes is 1. The number of pyridine rings is 1. The summed E-state index contributed by atoms with van der Waals surface area (Å²) in [6.45, 7) is 9.72. The van der Waals surface area contributed by atoms with Crippen molar-refractivity contribution in [3.05, 3.63) is 32.9 Å². The number of carbonyl (C=O) groups excluding carboxylic acids is 1. The van der Waals surface area contributed by atoms with E-state index < -0.39 is 0 Å². The lowest BCUT2D eigenvalue weighted by atomic mass is 10.0. The summed E-state index contributed by atoms with van der Waals surface area (Å²) < 4.78 is 0. The van der Waals surface area contributed by atoms with Crippen LogP contribution in [0.4, 0.5) is 0 Å². The second-order valence-electron chi connectivity index (χ2n) is 3.68. The summed E-state index contributed by atoms with van der Waals surface area (Å²) in [6, 6.07) is -0.313. The van der Waals surface area contributed by atoms with E-state index in [0.717, 1.165) is 23.1 Å². The van der Waals surface area contributed by atoms with E-state index in [1.807, 2.05) is 6.92 Å². The van der Waals surface area contributed by atoms with E-state index in [1.165, 1.54) is 0 Å². The summed E-state index contributed by atoms with van der Waals surface area (Å²) in [5.74, 6) is -0.203. The van der Waals surface area contributed by atoms with E-state index in [1.54, 1.807) is 6.20 Å². The van der Waals surface area contributed by atoms with Gasteiger partial charge in [-0.1, -0.05) is 16.4 Å². The summed E-state index contributed by atoms with van der Waals surface area (Å²) in [4.78, 5) is 18.8. The molecule has 2 atom stereocenters. The minimum Gasteiger partial charge on any atom is -0.317 e. The van der Waals surface area contributed by atoms with Crippen LogP contribution in [0.15, 0.2) is 6.20 Å². The number of rotatable bonds is 1. The molecule has 0 aliphatic heterocycles. The highest BCUT2D eigenvalue weighted by Crippen LogP contribution is 2.42. The van der Waals surface area contributed by atoms with Crippen molar-refractivity contribution in [1.82, 2.24) is 4.98 Å². The molecule has 0 aromatic carbocycles. The molecule has 1 aromatic heterocycles. The van der Waals surface area contributed by atoms with Crippen molar-refractivity contribution in [2.45, 2.75) is 19.4 Å². The largest absolute Gasteiger partial charge is 0.317 e. The van der Waals surface area contributed by atoms with Gasteiger partial charge in [0.1, 0.15) is 12.2 Å². The first-order valence-corrected chi connectivity index (χ1v) is 5.41. The van der Waals surface area contributed by atoms with Gasteiger partial charge in [-0.05, 0) is 25.6 Å². The second-order valence-corrected chi connectivity index (χ2v) is 4.09. The van der Waals surface area contributed by atoms with Crippen LogP contribution in [-0.2, 0) is 11.2 Å². The van der Waals surface area contributed by atoms with Gasteiger partial charge >= 0.3 is 6.04 Å². The predicted molar refractivity (Wildman–Crippen MR) is 68.1 cm³/mol. The molecular weight excluding hydrogens is 238 g/mol. The monoisotopic (exact) mass is 250 g/mol. The Balaban J connectivity index is 0.000000686. The molecule has 0 saturated heterocycles. The fraction of sp³-hybridized carbons (Fsp3) is 0.333. The van der Waals surface area contributed by atoms with Gasteiger partial charge in [-0.15, -0.1) is 0 Å². The molecule has 88 valence electrons. The topological polar surface area (TPSA) is 58.2 Å². The Morgan fingerprint density at radius 3 is 2.88 bits per heavy atom. The van der Waals surface area contributed by atoms with Gasteiger partial charge < -0.3 is 10.2 Å². The Kier molecular flexibility index (Phi) is 4.36. The summed E-state index contributed by atoms with van der Waals surface area (Å²) in [5.41, 5.74) is 2.77. The van der Waals surface area contributed by atoms with Crippen LogP contribution in [0.3, 0.4) is 0 Å². The molecule has 0 radical (unpaired) electrons. The lowest BCUT2D eigenvalue weighted by molar-refractivity contribution is -0.111. The van der Waals surface area contributed by atoms with Gasteiger partial charge in [0.05, 0.1) is 10.6 Å².